The van der Waals surface area contributed by atoms with Crippen LogP contribution in [0.1, 0.15) is 6.92 Å². The van der Waals surface area contributed by atoms with Gasteiger partial charge in [0.15, 0.2) is 5.78 Å². The van der Waals surface area contributed by atoms with Gasteiger partial charge in [0.1, 0.15) is 0 Å². The second-order valence-corrected chi connectivity index (χ2v) is 1.78. The summed E-state index contributed by atoms with van der Waals surface area (Å²) in [5.74, 6) is 9.56. The molecule has 6 heteroatoms. The van der Waals surface area contributed by atoms with Gasteiger partial charge in [0, 0.05) is 0 Å². The molecular weight excluding hydrogens is 136 g/mol. The first-order valence-corrected chi connectivity index (χ1v) is 2.60. The standard InChI is InChI=1S/C4H10N4O2/c1-3(9)2-8(6)4(10)7-5/h2,5-6H2,1H3,(H,7,10). The van der Waals surface area contributed by atoms with Crippen molar-refractivity contribution >= 4 is 11.8 Å². The molecule has 0 radical (unpaired) electrons. The van der Waals surface area contributed by atoms with Gasteiger partial charge in [-0.15, -0.1) is 0 Å². The van der Waals surface area contributed by atoms with Crippen molar-refractivity contribution in [1.29, 1.82) is 0 Å². The van der Waals surface area contributed by atoms with Gasteiger partial charge in [0.05, 0.1) is 6.54 Å². The van der Waals surface area contributed by atoms with Crippen LogP contribution in [0.25, 0.3) is 0 Å². The van der Waals surface area contributed by atoms with Gasteiger partial charge < -0.3 is 0 Å². The van der Waals surface area contributed by atoms with E-state index in [9.17, 15) is 9.59 Å². The van der Waals surface area contributed by atoms with Gasteiger partial charge in [-0.2, -0.15) is 0 Å². The van der Waals surface area contributed by atoms with E-state index < -0.39 is 6.03 Å². The van der Waals surface area contributed by atoms with E-state index in [0.29, 0.717) is 5.01 Å². The van der Waals surface area contributed by atoms with Crippen molar-refractivity contribution in [2.24, 2.45) is 11.7 Å². The van der Waals surface area contributed by atoms with Gasteiger partial charge in [-0.3, -0.25) is 15.2 Å². The number of urea groups is 1. The lowest BCUT2D eigenvalue weighted by molar-refractivity contribution is -0.117. The second kappa shape index (κ2) is 3.80. The number of nitrogens with two attached hydrogens (primary N) is 2. The van der Waals surface area contributed by atoms with Crippen molar-refractivity contribution in [1.82, 2.24) is 10.4 Å². The monoisotopic (exact) mass is 146 g/mol. The zero-order valence-corrected chi connectivity index (χ0v) is 5.63. The third-order valence-corrected chi connectivity index (χ3v) is 0.777. The van der Waals surface area contributed by atoms with Crippen molar-refractivity contribution in [3.05, 3.63) is 0 Å². The number of hydrogen-bond acceptors (Lipinski definition) is 4. The average Bonchev–Trinajstić information content (AvgIpc) is 1.85. The maximum atomic E-state index is 10.5. The number of hydrogen-bond donors (Lipinski definition) is 3. The summed E-state index contributed by atoms with van der Waals surface area (Å²) in [5, 5.41) is 0.697. The van der Waals surface area contributed by atoms with Crippen LogP contribution in [0, 0.1) is 0 Å². The Kier molecular flexibility index (Phi) is 3.37. The maximum Gasteiger partial charge on any atom is 0.346 e. The Morgan fingerprint density at radius 3 is 2.40 bits per heavy atom. The minimum absolute atomic E-state index is 0.136. The molecule has 0 spiro atoms. The van der Waals surface area contributed by atoms with Crippen LogP contribution in [-0.2, 0) is 4.79 Å². The van der Waals surface area contributed by atoms with E-state index in [1.807, 2.05) is 0 Å². The van der Waals surface area contributed by atoms with Gasteiger partial charge in [0.2, 0.25) is 0 Å². The van der Waals surface area contributed by atoms with Gasteiger partial charge in [-0.05, 0) is 6.92 Å². The van der Waals surface area contributed by atoms with E-state index in [0.717, 1.165) is 0 Å². The predicted molar refractivity (Wildman–Crippen MR) is 34.3 cm³/mol. The normalized spacial score (nSPS) is 8.70. The molecule has 0 aliphatic heterocycles. The van der Waals surface area contributed by atoms with Crippen molar-refractivity contribution in [2.75, 3.05) is 6.54 Å². The summed E-state index contributed by atoms with van der Waals surface area (Å²) in [6.07, 6.45) is 0. The fraction of sp³-hybridized carbons (Fsp3) is 0.500. The van der Waals surface area contributed by atoms with Crippen LogP contribution in [0.5, 0.6) is 0 Å². The highest BCUT2D eigenvalue weighted by molar-refractivity contribution is 5.83. The molecule has 0 aromatic carbocycles. The smallest absolute Gasteiger partial charge is 0.298 e. The van der Waals surface area contributed by atoms with Crippen LogP contribution >= 0.6 is 0 Å². The van der Waals surface area contributed by atoms with Gasteiger partial charge in [-0.25, -0.2) is 16.5 Å². The van der Waals surface area contributed by atoms with Crippen molar-refractivity contribution < 1.29 is 9.59 Å². The molecule has 0 rings (SSSR count). The molecule has 0 unspecified atom stereocenters. The highest BCUT2D eigenvalue weighted by atomic mass is 16.2. The molecular formula is C4H10N4O2. The van der Waals surface area contributed by atoms with Crippen LogP contribution in [0.3, 0.4) is 0 Å². The third kappa shape index (κ3) is 3.00. The molecule has 0 atom stereocenters. The Morgan fingerprint density at radius 2 is 2.10 bits per heavy atom. The van der Waals surface area contributed by atoms with E-state index in [1.165, 1.54) is 6.92 Å². The number of carbonyl (C=O) groups excluding carboxylic acids is 2. The molecule has 0 aromatic heterocycles. The SMILES string of the molecule is CC(=O)CN(N)C(=O)NN. The number of rotatable bonds is 2. The molecule has 0 aliphatic rings. The van der Waals surface area contributed by atoms with Crippen LogP contribution in [-0.4, -0.2) is 23.4 Å². The topological polar surface area (TPSA) is 101 Å². The lowest BCUT2D eigenvalue weighted by atomic mass is 10.4. The van der Waals surface area contributed by atoms with E-state index >= 15 is 0 Å². The Hall–Kier alpha value is -1.14. The van der Waals surface area contributed by atoms with Crippen LogP contribution < -0.4 is 17.1 Å². The number of nitrogens with zero attached hydrogens (tertiary/aromatic N) is 1. The van der Waals surface area contributed by atoms with Gasteiger partial charge in [-0.1, -0.05) is 0 Å². The molecule has 6 nitrogen and oxygen atoms in total. The lowest BCUT2D eigenvalue weighted by Gasteiger charge is -2.12. The highest BCUT2D eigenvalue weighted by Crippen LogP contribution is 1.78. The largest absolute Gasteiger partial charge is 0.346 e. The number of amides is 2. The Balaban J connectivity index is 3.72. The Bertz CT molecular complexity index is 146. The van der Waals surface area contributed by atoms with E-state index in [-0.39, 0.29) is 12.3 Å². The van der Waals surface area contributed by atoms with Crippen LogP contribution in [0.15, 0.2) is 0 Å². The molecule has 0 saturated carbocycles. The van der Waals surface area contributed by atoms with E-state index in [1.54, 1.807) is 5.43 Å². The van der Waals surface area contributed by atoms with Crippen LogP contribution in [0.2, 0.25) is 0 Å². The van der Waals surface area contributed by atoms with Crippen molar-refractivity contribution in [2.45, 2.75) is 6.92 Å². The number of Topliss-reactive ketones (excluding diaryl/α,β-unsaturated/α-hetero) is 1. The van der Waals surface area contributed by atoms with E-state index in [2.05, 4.69) is 0 Å². The summed E-state index contributed by atoms with van der Waals surface area (Å²) >= 11 is 0. The molecule has 0 heterocycles. The predicted octanol–water partition coefficient (Wildman–Crippen LogP) is -1.67. The van der Waals surface area contributed by atoms with Crippen LogP contribution in [0.4, 0.5) is 4.79 Å². The zero-order chi connectivity index (χ0) is 8.15. The number of nitrogens with one attached hydrogen (secondary N) is 1. The average molecular weight is 146 g/mol. The molecule has 0 aliphatic carbocycles. The number of hydrazine groups is 2. The quantitative estimate of drug-likeness (QED) is 0.246. The van der Waals surface area contributed by atoms with Gasteiger partial charge >= 0.3 is 6.03 Å². The summed E-state index contributed by atoms with van der Waals surface area (Å²) < 4.78 is 0. The van der Waals surface area contributed by atoms with E-state index in [4.69, 9.17) is 11.7 Å². The molecule has 0 saturated heterocycles. The van der Waals surface area contributed by atoms with Gasteiger partial charge in [0.25, 0.3) is 0 Å². The molecule has 0 bridgehead atoms. The zero-order valence-electron chi connectivity index (χ0n) is 5.63. The number of ketones is 1. The minimum Gasteiger partial charge on any atom is -0.298 e. The Morgan fingerprint density at radius 1 is 1.60 bits per heavy atom. The highest BCUT2D eigenvalue weighted by Gasteiger charge is 2.07. The first-order valence-electron chi connectivity index (χ1n) is 2.60. The fourth-order valence-corrected chi connectivity index (χ4v) is 0.395. The molecule has 58 valence electrons. The summed E-state index contributed by atoms with van der Waals surface area (Å²) in [6, 6.07) is -0.685. The van der Waals surface area contributed by atoms with Crippen molar-refractivity contribution in [3.8, 4) is 0 Å². The first kappa shape index (κ1) is 8.86. The molecule has 10 heavy (non-hydrogen) atoms. The second-order valence-electron chi connectivity index (χ2n) is 1.78. The lowest BCUT2D eigenvalue weighted by Crippen LogP contribution is -2.49. The summed E-state index contributed by atoms with van der Waals surface area (Å²) in [4.78, 5) is 20.8. The Labute approximate surface area is 58.1 Å². The first-order chi connectivity index (χ1) is 4.57. The van der Waals surface area contributed by atoms with Crippen molar-refractivity contribution in [3.63, 3.8) is 0 Å². The molecule has 5 N–H and O–H groups in total. The summed E-state index contributed by atoms with van der Waals surface area (Å²) in [6.45, 7) is 1.19. The molecule has 0 aromatic rings. The molecule has 0 fully saturated rings. The summed E-state index contributed by atoms with van der Waals surface area (Å²) in [5.41, 5.74) is 1.78. The summed E-state index contributed by atoms with van der Waals surface area (Å²) in [7, 11) is 0. The minimum atomic E-state index is -0.685. The fourth-order valence-electron chi connectivity index (χ4n) is 0.395. The molecule has 2 amide bonds. The maximum absolute atomic E-state index is 10.5. The number of carbonyl (C=O) groups is 2. The third-order valence-electron chi connectivity index (χ3n) is 0.777.